The highest BCUT2D eigenvalue weighted by atomic mass is 32.2. The Morgan fingerprint density at radius 1 is 1.15 bits per heavy atom. The summed E-state index contributed by atoms with van der Waals surface area (Å²) in [5, 5.41) is 14.3. The fourth-order valence-electron chi connectivity index (χ4n) is 4.78. The van der Waals surface area contributed by atoms with Gasteiger partial charge < -0.3 is 14.7 Å². The molecule has 2 aliphatic heterocycles. The number of carbonyl (C=O) groups excluding carboxylic acids is 2. The van der Waals surface area contributed by atoms with Crippen LogP contribution in [0.3, 0.4) is 0 Å². The van der Waals surface area contributed by atoms with Gasteiger partial charge in [-0.25, -0.2) is 0 Å². The minimum Gasteiger partial charge on any atom is -0.507 e. The van der Waals surface area contributed by atoms with E-state index in [1.807, 2.05) is 11.4 Å². The molecule has 1 N–H and O–H groups in total. The lowest BCUT2D eigenvalue weighted by Crippen LogP contribution is -2.37. The Bertz CT molecular complexity index is 1230. The summed E-state index contributed by atoms with van der Waals surface area (Å²) >= 11 is 2.99. The zero-order chi connectivity index (χ0) is 23.3. The van der Waals surface area contributed by atoms with Gasteiger partial charge in [0.25, 0.3) is 0 Å². The van der Waals surface area contributed by atoms with Gasteiger partial charge in [-0.15, -0.1) is 23.1 Å². The molecule has 0 radical (unpaired) electrons. The Morgan fingerprint density at radius 2 is 1.91 bits per heavy atom. The monoisotopic (exact) mass is 479 g/mol. The molecule has 0 spiro atoms. The van der Waals surface area contributed by atoms with Crippen LogP contribution in [0.4, 0.5) is 0 Å². The molecule has 5 nitrogen and oxygen atoms in total. The lowest BCUT2D eigenvalue weighted by atomic mass is 9.71. The summed E-state index contributed by atoms with van der Waals surface area (Å²) in [6.45, 7) is 4.95. The number of hydrogen-bond acceptors (Lipinski definition) is 7. The Labute approximate surface area is 201 Å². The summed E-state index contributed by atoms with van der Waals surface area (Å²) in [5.41, 5.74) is 2.59. The molecule has 3 heterocycles. The summed E-state index contributed by atoms with van der Waals surface area (Å²) < 4.78 is 5.25. The number of rotatable bonds is 4. The number of Topliss-reactive ketones (excluding diaryl/α,β-unsaturated/α-hetero) is 2. The SMILES string of the molecule is COc1ccc(C(O)=C2C3=C(CC(C)(C)CC3=O)N3CCSC3=C2C(=O)c2cccs2)cc1. The molecule has 5 rings (SSSR count). The second kappa shape index (κ2) is 8.22. The fourth-order valence-corrected chi connectivity index (χ4v) is 6.62. The van der Waals surface area contributed by atoms with Crippen molar-refractivity contribution in [2.75, 3.05) is 19.4 Å². The van der Waals surface area contributed by atoms with Crippen molar-refractivity contribution < 1.29 is 19.4 Å². The minimum atomic E-state index is -0.176. The van der Waals surface area contributed by atoms with Gasteiger partial charge in [0.05, 0.1) is 22.6 Å². The van der Waals surface area contributed by atoms with Crippen LogP contribution in [0.1, 0.15) is 41.9 Å². The van der Waals surface area contributed by atoms with Crippen LogP contribution in [0.15, 0.2) is 69.2 Å². The van der Waals surface area contributed by atoms with E-state index in [9.17, 15) is 14.7 Å². The van der Waals surface area contributed by atoms with Crippen molar-refractivity contribution in [1.29, 1.82) is 0 Å². The van der Waals surface area contributed by atoms with Gasteiger partial charge in [-0.05, 0) is 47.5 Å². The fraction of sp³-hybridized carbons (Fsp3) is 0.308. The Kier molecular flexibility index (Phi) is 5.49. The number of ether oxygens (including phenoxy) is 1. The molecule has 7 heteroatoms. The van der Waals surface area contributed by atoms with Crippen LogP contribution in [-0.2, 0) is 4.79 Å². The second-order valence-electron chi connectivity index (χ2n) is 9.20. The smallest absolute Gasteiger partial charge is 0.206 e. The number of hydrogen-bond donors (Lipinski definition) is 1. The van der Waals surface area contributed by atoms with Crippen molar-refractivity contribution in [3.63, 3.8) is 0 Å². The van der Waals surface area contributed by atoms with E-state index in [4.69, 9.17) is 4.74 Å². The molecule has 0 saturated carbocycles. The van der Waals surface area contributed by atoms with Crippen LogP contribution in [0, 0.1) is 5.41 Å². The normalized spacial score (nSPS) is 21.2. The lowest BCUT2D eigenvalue weighted by Gasteiger charge is -2.41. The molecule has 1 fully saturated rings. The van der Waals surface area contributed by atoms with Crippen molar-refractivity contribution in [2.24, 2.45) is 5.41 Å². The van der Waals surface area contributed by atoms with Gasteiger partial charge in [0.1, 0.15) is 11.5 Å². The van der Waals surface area contributed by atoms with Crippen LogP contribution >= 0.6 is 23.1 Å². The molecule has 1 saturated heterocycles. The summed E-state index contributed by atoms with van der Waals surface area (Å²) in [7, 11) is 1.59. The number of ketones is 2. The zero-order valence-corrected chi connectivity index (χ0v) is 20.4. The van der Waals surface area contributed by atoms with Gasteiger partial charge in [0.15, 0.2) is 5.78 Å². The molecule has 0 unspecified atom stereocenters. The van der Waals surface area contributed by atoms with Crippen LogP contribution in [0.25, 0.3) is 5.76 Å². The Hall–Kier alpha value is -2.77. The van der Waals surface area contributed by atoms with Gasteiger partial charge in [0.2, 0.25) is 5.78 Å². The van der Waals surface area contributed by atoms with Crippen molar-refractivity contribution >= 4 is 40.4 Å². The quantitative estimate of drug-likeness (QED) is 0.440. The molecule has 0 bridgehead atoms. The molecule has 0 amide bonds. The Morgan fingerprint density at radius 3 is 2.58 bits per heavy atom. The van der Waals surface area contributed by atoms with Gasteiger partial charge in [-0.3, -0.25) is 9.59 Å². The second-order valence-corrected chi connectivity index (χ2v) is 11.2. The predicted octanol–water partition coefficient (Wildman–Crippen LogP) is 5.83. The van der Waals surface area contributed by atoms with Crippen LogP contribution in [0.5, 0.6) is 5.75 Å². The predicted molar refractivity (Wildman–Crippen MR) is 132 cm³/mol. The minimum absolute atomic E-state index is 0.0243. The summed E-state index contributed by atoms with van der Waals surface area (Å²) in [6, 6.07) is 10.7. The number of thiophene rings is 1. The molecule has 1 aromatic carbocycles. The molecule has 0 atom stereocenters. The first-order valence-corrected chi connectivity index (χ1v) is 12.7. The van der Waals surface area contributed by atoms with Crippen molar-refractivity contribution in [1.82, 2.24) is 4.90 Å². The maximum Gasteiger partial charge on any atom is 0.206 e. The van der Waals surface area contributed by atoms with Crippen molar-refractivity contribution in [3.05, 3.63) is 79.7 Å². The standard InChI is InChI=1S/C26H25NO4S2/c1-26(2)13-17-20(18(28)14-26)21(23(29)15-6-8-16(31-3)9-7-15)22(25-27(17)10-12-33-25)24(30)19-5-4-11-32-19/h4-9,11,29H,10,12-14H2,1-3H3. The molecule has 170 valence electrons. The molecule has 1 aromatic heterocycles. The average molecular weight is 480 g/mol. The van der Waals surface area contributed by atoms with Gasteiger partial charge >= 0.3 is 0 Å². The Balaban J connectivity index is 1.78. The molecule has 3 aliphatic rings. The van der Waals surface area contributed by atoms with Crippen LogP contribution in [-0.4, -0.2) is 41.0 Å². The van der Waals surface area contributed by atoms with E-state index in [0.29, 0.717) is 39.3 Å². The van der Waals surface area contributed by atoms with Gasteiger partial charge in [-0.1, -0.05) is 19.9 Å². The third kappa shape index (κ3) is 3.73. The lowest BCUT2D eigenvalue weighted by molar-refractivity contribution is -0.118. The first kappa shape index (κ1) is 22.0. The van der Waals surface area contributed by atoms with Crippen molar-refractivity contribution in [2.45, 2.75) is 26.7 Å². The highest BCUT2D eigenvalue weighted by molar-refractivity contribution is 8.03. The molecular weight excluding hydrogens is 454 g/mol. The third-order valence-electron chi connectivity index (χ3n) is 6.26. The molecular formula is C26H25NO4S2. The number of aliphatic hydroxyl groups excluding tert-OH is 1. The number of thioether (sulfide) groups is 1. The number of carbonyl (C=O) groups is 2. The molecule has 2 aromatic rings. The van der Waals surface area contributed by atoms with E-state index in [1.54, 1.807) is 49.2 Å². The van der Waals surface area contributed by atoms with E-state index in [0.717, 1.165) is 29.4 Å². The number of nitrogens with zero attached hydrogens (tertiary/aromatic N) is 1. The van der Waals surface area contributed by atoms with E-state index >= 15 is 0 Å². The zero-order valence-electron chi connectivity index (χ0n) is 18.8. The summed E-state index contributed by atoms with van der Waals surface area (Å²) in [5.74, 6) is 1.28. The van der Waals surface area contributed by atoms with Crippen LogP contribution in [0.2, 0.25) is 0 Å². The highest BCUT2D eigenvalue weighted by Crippen LogP contribution is 2.52. The number of methoxy groups -OCH3 is 1. The summed E-state index contributed by atoms with van der Waals surface area (Å²) in [6.07, 6.45) is 1.10. The highest BCUT2D eigenvalue weighted by Gasteiger charge is 2.46. The molecule has 33 heavy (non-hydrogen) atoms. The van der Waals surface area contributed by atoms with Crippen LogP contribution < -0.4 is 4.74 Å². The topological polar surface area (TPSA) is 66.8 Å². The first-order chi connectivity index (χ1) is 15.8. The maximum absolute atomic E-state index is 13.8. The number of aliphatic hydroxyl groups is 1. The summed E-state index contributed by atoms with van der Waals surface area (Å²) in [4.78, 5) is 30.1. The van der Waals surface area contributed by atoms with Gasteiger partial charge in [-0.2, -0.15) is 0 Å². The first-order valence-electron chi connectivity index (χ1n) is 10.9. The number of benzene rings is 1. The van der Waals surface area contributed by atoms with Gasteiger partial charge in [0, 0.05) is 41.1 Å². The van der Waals surface area contributed by atoms with E-state index in [1.165, 1.54) is 11.3 Å². The van der Waals surface area contributed by atoms with E-state index in [-0.39, 0.29) is 22.7 Å². The average Bonchev–Trinajstić information content (AvgIpc) is 3.49. The number of fused-ring (bicyclic) bond motifs is 2. The van der Waals surface area contributed by atoms with E-state index in [2.05, 4.69) is 18.7 Å². The number of allylic oxidation sites excluding steroid dienone is 4. The third-order valence-corrected chi connectivity index (χ3v) is 8.22. The molecule has 1 aliphatic carbocycles. The maximum atomic E-state index is 13.8. The largest absolute Gasteiger partial charge is 0.507 e. The van der Waals surface area contributed by atoms with Crippen molar-refractivity contribution in [3.8, 4) is 5.75 Å². The van der Waals surface area contributed by atoms with E-state index < -0.39 is 0 Å².